The number of aryl methyl sites for hydroxylation is 1. The van der Waals surface area contributed by atoms with Crippen molar-refractivity contribution in [1.29, 1.82) is 0 Å². The van der Waals surface area contributed by atoms with E-state index in [0.717, 1.165) is 12.0 Å². The number of amides is 2. The number of aromatic nitrogens is 1. The molecule has 0 unspecified atom stereocenters. The molecular weight excluding hydrogens is 426 g/mol. The smallest absolute Gasteiger partial charge is 0.303 e. The second-order valence-electron chi connectivity index (χ2n) is 7.68. The molecule has 10 heteroatoms. The average molecular weight is 453 g/mol. The highest BCUT2D eigenvalue weighted by Crippen LogP contribution is 2.28. The van der Waals surface area contributed by atoms with Gasteiger partial charge in [0.2, 0.25) is 0 Å². The largest absolute Gasteiger partial charge is 0.497 e. The molecule has 10 nitrogen and oxygen atoms in total. The highest BCUT2D eigenvalue weighted by molar-refractivity contribution is 6.53. The van der Waals surface area contributed by atoms with Gasteiger partial charge in [-0.2, -0.15) is 5.10 Å². The quantitative estimate of drug-likeness (QED) is 0.248. The van der Waals surface area contributed by atoms with Gasteiger partial charge in [0.1, 0.15) is 5.75 Å². The first kappa shape index (κ1) is 23.7. The number of aromatic amines is 1. The normalized spacial score (nSPS) is 13.9. The molecule has 1 aromatic carbocycles. The van der Waals surface area contributed by atoms with Crippen molar-refractivity contribution in [1.82, 2.24) is 10.3 Å². The van der Waals surface area contributed by atoms with Crippen LogP contribution in [0, 0.1) is 13.8 Å². The third kappa shape index (κ3) is 5.65. The van der Waals surface area contributed by atoms with Gasteiger partial charge in [-0.1, -0.05) is 6.42 Å². The molecule has 2 heterocycles. The van der Waals surface area contributed by atoms with E-state index in [0.29, 0.717) is 53.3 Å². The van der Waals surface area contributed by atoms with Crippen LogP contribution in [-0.2, 0) is 9.59 Å². The molecule has 0 fully saturated rings. The second kappa shape index (κ2) is 10.6. The number of H-pyrrole nitrogens is 1. The minimum Gasteiger partial charge on any atom is -0.497 e. The molecular formula is C23H27N5O5. The summed E-state index contributed by atoms with van der Waals surface area (Å²) in [6.45, 7) is 4.08. The van der Waals surface area contributed by atoms with Crippen LogP contribution < -0.4 is 15.4 Å². The predicted octanol–water partition coefficient (Wildman–Crippen LogP) is 2.79. The van der Waals surface area contributed by atoms with Gasteiger partial charge in [-0.3, -0.25) is 14.4 Å². The molecule has 0 saturated carbocycles. The fourth-order valence-electron chi connectivity index (χ4n) is 3.62. The summed E-state index contributed by atoms with van der Waals surface area (Å²) in [5.41, 5.74) is 4.03. The Hall–Kier alpha value is -3.95. The van der Waals surface area contributed by atoms with Crippen molar-refractivity contribution >= 4 is 35.4 Å². The van der Waals surface area contributed by atoms with Crippen LogP contribution in [0.2, 0.25) is 0 Å². The molecule has 1 aliphatic heterocycles. The Balaban J connectivity index is 1.65. The van der Waals surface area contributed by atoms with Crippen LogP contribution in [0.5, 0.6) is 5.75 Å². The fraction of sp³-hybridized carbons (Fsp3) is 0.348. The van der Waals surface area contributed by atoms with Crippen molar-refractivity contribution < 1.29 is 24.2 Å². The van der Waals surface area contributed by atoms with Gasteiger partial charge in [0.25, 0.3) is 11.8 Å². The summed E-state index contributed by atoms with van der Waals surface area (Å²) in [6, 6.07) is 5.21. The Morgan fingerprint density at radius 1 is 1.21 bits per heavy atom. The summed E-state index contributed by atoms with van der Waals surface area (Å²) in [5.74, 6) is -0.737. The van der Waals surface area contributed by atoms with Crippen molar-refractivity contribution in [2.45, 2.75) is 39.5 Å². The maximum atomic E-state index is 12.6. The van der Waals surface area contributed by atoms with Crippen molar-refractivity contribution in [3.8, 4) is 5.75 Å². The van der Waals surface area contributed by atoms with Gasteiger partial charge >= 0.3 is 5.97 Å². The predicted molar refractivity (Wildman–Crippen MR) is 124 cm³/mol. The Bertz CT molecular complexity index is 1130. The van der Waals surface area contributed by atoms with E-state index in [4.69, 9.17) is 9.84 Å². The highest BCUT2D eigenvalue weighted by Gasteiger charge is 2.26. The zero-order valence-electron chi connectivity index (χ0n) is 18.8. The van der Waals surface area contributed by atoms with Crippen LogP contribution in [0.25, 0.3) is 0 Å². The molecule has 0 radical (unpaired) electrons. The molecule has 4 N–H and O–H groups in total. The van der Waals surface area contributed by atoms with Gasteiger partial charge in [-0.25, -0.2) is 0 Å². The standard InChI is InChI=1S/C23H27N5O5/c1-13-18(26-14(2)20(13)22(31)24-10-6-4-5-7-19(29)30)12-25-28-21-16-9-8-15(33-3)11-17(16)27-23(21)32/h8-9,11-12,26H,4-7,10H2,1-3H3,(H,24,31)(H,29,30)(H,27,28,32)/b25-12+. The fourth-order valence-corrected chi connectivity index (χ4v) is 3.62. The van der Waals surface area contributed by atoms with Crippen molar-refractivity contribution in [3.63, 3.8) is 0 Å². The molecule has 33 heavy (non-hydrogen) atoms. The van der Waals surface area contributed by atoms with Crippen LogP contribution in [0.3, 0.4) is 0 Å². The first-order valence-corrected chi connectivity index (χ1v) is 10.6. The van der Waals surface area contributed by atoms with Gasteiger partial charge < -0.3 is 25.5 Å². The SMILES string of the molecule is COc1ccc2c(c1)NC(=O)/C2=N\N=C\c1[nH]c(C)c(C(=O)NCCCCCC(=O)O)c1C. The topological polar surface area (TPSA) is 145 Å². The Morgan fingerprint density at radius 2 is 2.00 bits per heavy atom. The molecule has 1 aliphatic rings. The number of rotatable bonds is 10. The zero-order valence-corrected chi connectivity index (χ0v) is 18.8. The molecule has 0 spiro atoms. The number of carbonyl (C=O) groups is 3. The van der Waals surface area contributed by atoms with Crippen LogP contribution in [0.15, 0.2) is 28.4 Å². The van der Waals surface area contributed by atoms with Crippen molar-refractivity contribution in [2.24, 2.45) is 10.2 Å². The number of benzene rings is 1. The van der Waals surface area contributed by atoms with Gasteiger partial charge in [0.15, 0.2) is 5.71 Å². The van der Waals surface area contributed by atoms with Crippen LogP contribution in [0.1, 0.15) is 58.6 Å². The molecule has 174 valence electrons. The summed E-state index contributed by atoms with van der Waals surface area (Å²) in [4.78, 5) is 38.5. The maximum Gasteiger partial charge on any atom is 0.303 e. The summed E-state index contributed by atoms with van der Waals surface area (Å²) in [7, 11) is 1.55. The third-order valence-corrected chi connectivity index (χ3v) is 5.35. The lowest BCUT2D eigenvalue weighted by Crippen LogP contribution is -2.25. The molecule has 0 atom stereocenters. The number of carboxylic acids is 1. The number of ether oxygens (including phenoxy) is 1. The number of carbonyl (C=O) groups excluding carboxylic acids is 2. The van der Waals surface area contributed by atoms with Crippen molar-refractivity contribution in [3.05, 3.63) is 46.3 Å². The molecule has 2 amide bonds. The van der Waals surface area contributed by atoms with E-state index in [-0.39, 0.29) is 23.9 Å². The maximum absolute atomic E-state index is 12.6. The lowest BCUT2D eigenvalue weighted by Gasteiger charge is -2.05. The molecule has 1 aromatic heterocycles. The van der Waals surface area contributed by atoms with Gasteiger partial charge in [-0.05, 0) is 44.4 Å². The Labute approximate surface area is 191 Å². The number of hydrogen-bond donors (Lipinski definition) is 4. The minimum atomic E-state index is -0.810. The summed E-state index contributed by atoms with van der Waals surface area (Å²) in [5, 5.41) is 22.4. The average Bonchev–Trinajstić information content (AvgIpc) is 3.24. The van der Waals surface area contributed by atoms with E-state index in [1.54, 1.807) is 32.2 Å². The molecule has 0 bridgehead atoms. The van der Waals surface area contributed by atoms with Crippen LogP contribution in [-0.4, -0.2) is 53.5 Å². The number of anilines is 1. The molecule has 2 aromatic rings. The summed E-state index contributed by atoms with van der Waals surface area (Å²) >= 11 is 0. The van der Waals surface area contributed by atoms with E-state index >= 15 is 0 Å². The number of carboxylic acid groups (broad SMARTS) is 1. The number of nitrogens with one attached hydrogen (secondary N) is 3. The zero-order chi connectivity index (χ0) is 24.0. The molecule has 0 saturated heterocycles. The number of unbranched alkanes of at least 4 members (excludes halogenated alkanes) is 2. The Kier molecular flexibility index (Phi) is 7.60. The second-order valence-corrected chi connectivity index (χ2v) is 7.68. The highest BCUT2D eigenvalue weighted by atomic mass is 16.5. The van der Waals surface area contributed by atoms with Gasteiger partial charge in [0, 0.05) is 30.3 Å². The number of fused-ring (bicyclic) bond motifs is 1. The molecule has 0 aliphatic carbocycles. The summed E-state index contributed by atoms with van der Waals surface area (Å²) < 4.78 is 5.17. The third-order valence-electron chi connectivity index (χ3n) is 5.35. The first-order valence-electron chi connectivity index (χ1n) is 10.6. The van der Waals surface area contributed by atoms with E-state index in [1.165, 1.54) is 6.21 Å². The lowest BCUT2D eigenvalue weighted by atomic mass is 10.1. The van der Waals surface area contributed by atoms with E-state index in [9.17, 15) is 14.4 Å². The number of methoxy groups -OCH3 is 1. The van der Waals surface area contributed by atoms with Crippen LogP contribution >= 0.6 is 0 Å². The first-order chi connectivity index (χ1) is 15.8. The van der Waals surface area contributed by atoms with E-state index < -0.39 is 5.97 Å². The van der Waals surface area contributed by atoms with Crippen molar-refractivity contribution in [2.75, 3.05) is 19.0 Å². The van der Waals surface area contributed by atoms with Gasteiger partial charge in [0.05, 0.1) is 30.3 Å². The van der Waals surface area contributed by atoms with E-state index in [2.05, 4.69) is 25.8 Å². The van der Waals surface area contributed by atoms with E-state index in [1.807, 2.05) is 6.92 Å². The van der Waals surface area contributed by atoms with Crippen LogP contribution in [0.4, 0.5) is 5.69 Å². The molecule has 3 rings (SSSR count). The number of nitrogens with zero attached hydrogens (tertiary/aromatic N) is 2. The van der Waals surface area contributed by atoms with Gasteiger partial charge in [-0.15, -0.1) is 5.10 Å². The summed E-state index contributed by atoms with van der Waals surface area (Å²) in [6.07, 6.45) is 3.65. The lowest BCUT2D eigenvalue weighted by molar-refractivity contribution is -0.137. The monoisotopic (exact) mass is 453 g/mol. The number of hydrogen-bond acceptors (Lipinski definition) is 6. The Morgan fingerprint density at radius 3 is 2.73 bits per heavy atom. The minimum absolute atomic E-state index is 0.137. The number of aliphatic carboxylic acids is 1.